The van der Waals surface area contributed by atoms with E-state index in [1.165, 1.54) is 5.56 Å². The number of amides is 1. The van der Waals surface area contributed by atoms with Crippen molar-refractivity contribution in [2.75, 3.05) is 12.3 Å². The Bertz CT molecular complexity index is 747. The van der Waals surface area contributed by atoms with Crippen LogP contribution in [0.3, 0.4) is 0 Å². The molecule has 2 atom stereocenters. The van der Waals surface area contributed by atoms with Gasteiger partial charge in [0.15, 0.2) is 0 Å². The smallest absolute Gasteiger partial charge is 0.307 e. The number of carboxylic acids is 1. The Balaban J connectivity index is 2.81. The van der Waals surface area contributed by atoms with Gasteiger partial charge in [0.2, 0.25) is 13.3 Å². The molecule has 0 saturated carbocycles. The molecule has 150 valence electrons. The molecule has 1 rings (SSSR count). The summed E-state index contributed by atoms with van der Waals surface area (Å²) >= 11 is 0. The number of benzene rings is 1. The summed E-state index contributed by atoms with van der Waals surface area (Å²) in [6.07, 6.45) is 1.21. The van der Waals surface area contributed by atoms with E-state index in [0.29, 0.717) is 5.57 Å². The second-order valence-corrected chi connectivity index (χ2v) is 10.5. The molecule has 4 N–H and O–H groups in total. The first-order chi connectivity index (χ1) is 12.3. The van der Waals surface area contributed by atoms with Crippen molar-refractivity contribution in [1.29, 1.82) is 0 Å². The lowest BCUT2D eigenvalue weighted by molar-refractivity contribution is -0.141. The van der Waals surface area contributed by atoms with Gasteiger partial charge in [-0.2, -0.15) is 0 Å². The molecule has 0 fully saturated rings. The Labute approximate surface area is 160 Å². The van der Waals surface area contributed by atoms with Crippen molar-refractivity contribution < 1.29 is 24.2 Å². The van der Waals surface area contributed by atoms with Gasteiger partial charge in [0, 0.05) is 18.7 Å². The van der Waals surface area contributed by atoms with E-state index < -0.39 is 25.2 Å². The molecule has 7 heteroatoms. The lowest BCUT2D eigenvalue weighted by atomic mass is 9.86. The lowest BCUT2D eigenvalue weighted by Crippen LogP contribution is -2.22. The van der Waals surface area contributed by atoms with Crippen LogP contribution in [-0.4, -0.2) is 34.2 Å². The van der Waals surface area contributed by atoms with Crippen LogP contribution in [0.25, 0.3) is 6.08 Å². The first kappa shape index (κ1) is 23.1. The molecule has 1 aromatic rings. The predicted octanol–water partition coefficient (Wildman–Crippen LogP) is 3.62. The molecule has 0 radical (unpaired) electrons. The molecule has 0 aliphatic heterocycles. The molecule has 0 aromatic heterocycles. The van der Waals surface area contributed by atoms with Gasteiger partial charge in [-0.3, -0.25) is 14.2 Å². The zero-order valence-corrected chi connectivity index (χ0v) is 17.3. The SMILES string of the molecule is C/C(=C\c1ccc(C(C)(C)C)cc1)CP(=O)(O)CC(CCC(N)=O)C(=O)O. The number of nitrogens with two attached hydrogens (primary N) is 1. The maximum Gasteiger partial charge on any atom is 0.307 e. The van der Waals surface area contributed by atoms with Gasteiger partial charge in [0.1, 0.15) is 0 Å². The first-order valence-electron chi connectivity index (χ1n) is 8.90. The summed E-state index contributed by atoms with van der Waals surface area (Å²) in [5.74, 6) is -2.87. The van der Waals surface area contributed by atoms with Crippen LogP contribution in [0.4, 0.5) is 0 Å². The summed E-state index contributed by atoms with van der Waals surface area (Å²) in [6.45, 7) is 8.13. The second-order valence-electron chi connectivity index (χ2n) is 8.09. The normalized spacial score (nSPS) is 15.8. The highest BCUT2D eigenvalue weighted by atomic mass is 31.2. The van der Waals surface area contributed by atoms with Crippen LogP contribution in [0.1, 0.15) is 51.7 Å². The fraction of sp³-hybridized carbons (Fsp3) is 0.500. The maximum absolute atomic E-state index is 12.5. The van der Waals surface area contributed by atoms with Crippen molar-refractivity contribution in [3.05, 3.63) is 41.0 Å². The van der Waals surface area contributed by atoms with E-state index in [4.69, 9.17) is 5.73 Å². The van der Waals surface area contributed by atoms with E-state index in [0.717, 1.165) is 5.56 Å². The van der Waals surface area contributed by atoms with Crippen molar-refractivity contribution in [2.45, 2.75) is 46.0 Å². The Morgan fingerprint density at radius 1 is 1.22 bits per heavy atom. The number of hydrogen-bond acceptors (Lipinski definition) is 3. The topological polar surface area (TPSA) is 118 Å². The average molecular weight is 395 g/mol. The van der Waals surface area contributed by atoms with Gasteiger partial charge in [0.05, 0.1) is 5.92 Å². The van der Waals surface area contributed by atoms with Gasteiger partial charge >= 0.3 is 5.97 Å². The van der Waals surface area contributed by atoms with Gasteiger partial charge < -0.3 is 15.7 Å². The van der Waals surface area contributed by atoms with Crippen LogP contribution in [0.2, 0.25) is 0 Å². The summed E-state index contributed by atoms with van der Waals surface area (Å²) in [4.78, 5) is 32.4. The van der Waals surface area contributed by atoms with E-state index in [1.807, 2.05) is 30.3 Å². The zero-order valence-electron chi connectivity index (χ0n) is 16.4. The first-order valence-corrected chi connectivity index (χ1v) is 10.9. The molecular formula is C20H30NO5P. The van der Waals surface area contributed by atoms with Crippen LogP contribution < -0.4 is 5.73 Å². The largest absolute Gasteiger partial charge is 0.481 e. The molecule has 0 spiro atoms. The maximum atomic E-state index is 12.5. The molecule has 6 nitrogen and oxygen atoms in total. The summed E-state index contributed by atoms with van der Waals surface area (Å²) in [6, 6.07) is 7.97. The number of aliphatic carboxylic acids is 1. The van der Waals surface area contributed by atoms with Gasteiger partial charge in [-0.05, 0) is 29.9 Å². The standard InChI is InChI=1S/C20H30NO5P/c1-14(11-15-5-8-17(9-6-15)20(2,3)4)12-27(25,26)13-16(19(23)24)7-10-18(21)22/h5-6,8-9,11,16H,7,10,12-13H2,1-4H3,(H2,21,22)(H,23,24)(H,25,26)/b14-11+. The minimum atomic E-state index is -3.69. The summed E-state index contributed by atoms with van der Waals surface area (Å²) in [5, 5.41) is 9.21. The van der Waals surface area contributed by atoms with Crippen LogP contribution >= 0.6 is 7.37 Å². The van der Waals surface area contributed by atoms with E-state index in [9.17, 15) is 24.2 Å². The zero-order chi connectivity index (χ0) is 20.8. The Morgan fingerprint density at radius 3 is 2.22 bits per heavy atom. The predicted molar refractivity (Wildman–Crippen MR) is 108 cm³/mol. The lowest BCUT2D eigenvalue weighted by Gasteiger charge is -2.19. The highest BCUT2D eigenvalue weighted by Crippen LogP contribution is 2.45. The molecule has 2 unspecified atom stereocenters. The number of allylic oxidation sites excluding steroid dienone is 1. The third-order valence-corrected chi connectivity index (χ3v) is 6.28. The highest BCUT2D eigenvalue weighted by molar-refractivity contribution is 7.58. The minimum absolute atomic E-state index is 0.0355. The van der Waals surface area contributed by atoms with E-state index in [1.54, 1.807) is 6.92 Å². The Hall–Kier alpha value is -1.91. The van der Waals surface area contributed by atoms with E-state index >= 15 is 0 Å². The molecule has 0 aliphatic carbocycles. The second kappa shape index (κ2) is 9.34. The summed E-state index contributed by atoms with van der Waals surface area (Å²) in [7, 11) is -3.69. The van der Waals surface area contributed by atoms with Crippen molar-refractivity contribution in [2.24, 2.45) is 11.7 Å². The quantitative estimate of drug-likeness (QED) is 0.552. The van der Waals surface area contributed by atoms with Crippen molar-refractivity contribution in [3.63, 3.8) is 0 Å². The van der Waals surface area contributed by atoms with Crippen LogP contribution in [0.15, 0.2) is 29.8 Å². The van der Waals surface area contributed by atoms with Crippen molar-refractivity contribution in [1.82, 2.24) is 0 Å². The molecule has 0 heterocycles. The molecule has 0 bridgehead atoms. The van der Waals surface area contributed by atoms with E-state index in [2.05, 4.69) is 20.8 Å². The Kier molecular flexibility index (Phi) is 8.00. The number of carboxylic acid groups (broad SMARTS) is 1. The van der Waals surface area contributed by atoms with E-state index in [-0.39, 0.29) is 30.6 Å². The number of rotatable bonds is 9. The number of carbonyl (C=O) groups is 2. The average Bonchev–Trinajstić information content (AvgIpc) is 2.49. The van der Waals surface area contributed by atoms with Gasteiger partial charge in [-0.25, -0.2) is 0 Å². The van der Waals surface area contributed by atoms with Crippen LogP contribution in [-0.2, 0) is 19.6 Å². The molecule has 1 amide bonds. The van der Waals surface area contributed by atoms with Crippen LogP contribution in [0.5, 0.6) is 0 Å². The third kappa shape index (κ3) is 8.55. The van der Waals surface area contributed by atoms with Crippen molar-refractivity contribution in [3.8, 4) is 0 Å². The molecular weight excluding hydrogens is 365 g/mol. The minimum Gasteiger partial charge on any atom is -0.481 e. The summed E-state index contributed by atoms with van der Waals surface area (Å²) < 4.78 is 12.5. The molecule has 1 aromatic carbocycles. The van der Waals surface area contributed by atoms with Crippen molar-refractivity contribution >= 4 is 25.3 Å². The number of primary amides is 1. The fourth-order valence-electron chi connectivity index (χ4n) is 2.82. The number of carbonyl (C=O) groups excluding carboxylic acids is 1. The monoisotopic (exact) mass is 395 g/mol. The summed E-state index contributed by atoms with van der Waals surface area (Å²) in [5.41, 5.74) is 7.90. The molecule has 0 saturated heterocycles. The number of hydrogen-bond donors (Lipinski definition) is 3. The third-order valence-electron chi connectivity index (χ3n) is 4.28. The van der Waals surface area contributed by atoms with Gasteiger partial charge in [-0.1, -0.05) is 56.7 Å². The van der Waals surface area contributed by atoms with Gasteiger partial charge in [-0.15, -0.1) is 0 Å². The van der Waals surface area contributed by atoms with Crippen LogP contribution in [0, 0.1) is 5.92 Å². The highest BCUT2D eigenvalue weighted by Gasteiger charge is 2.29. The molecule has 27 heavy (non-hydrogen) atoms. The fourth-order valence-corrected chi connectivity index (χ4v) is 4.84. The van der Waals surface area contributed by atoms with Gasteiger partial charge in [0.25, 0.3) is 0 Å². The Morgan fingerprint density at radius 2 is 1.78 bits per heavy atom. The molecule has 0 aliphatic rings.